The van der Waals surface area contributed by atoms with Crippen molar-refractivity contribution in [2.75, 3.05) is 13.1 Å². The number of rotatable bonds is 6. The van der Waals surface area contributed by atoms with Crippen LogP contribution in [0.15, 0.2) is 17.5 Å². The maximum Gasteiger partial charge on any atom is 0.223 e. The third-order valence-electron chi connectivity index (χ3n) is 3.96. The molecule has 106 valence electrons. The molecular weight excluding hydrogens is 256 g/mol. The summed E-state index contributed by atoms with van der Waals surface area (Å²) in [7, 11) is 0. The first-order valence-corrected chi connectivity index (χ1v) is 8.13. The van der Waals surface area contributed by atoms with E-state index >= 15 is 0 Å². The number of carbonyl (C=O) groups excluding carboxylic acids is 1. The molecule has 0 bridgehead atoms. The van der Waals surface area contributed by atoms with Crippen molar-refractivity contribution >= 4 is 17.2 Å². The summed E-state index contributed by atoms with van der Waals surface area (Å²) in [4.78, 5) is 15.8. The van der Waals surface area contributed by atoms with Crippen LogP contribution in [0.3, 0.4) is 0 Å². The maximum atomic E-state index is 12.4. The van der Waals surface area contributed by atoms with Gasteiger partial charge in [0.2, 0.25) is 5.91 Å². The van der Waals surface area contributed by atoms with Crippen molar-refractivity contribution in [1.82, 2.24) is 4.90 Å². The second-order valence-electron chi connectivity index (χ2n) is 5.48. The molecule has 4 heteroatoms. The van der Waals surface area contributed by atoms with E-state index in [1.807, 2.05) is 0 Å². The van der Waals surface area contributed by atoms with Gasteiger partial charge in [-0.25, -0.2) is 0 Å². The Morgan fingerprint density at radius 3 is 3.11 bits per heavy atom. The zero-order valence-electron chi connectivity index (χ0n) is 11.7. The van der Waals surface area contributed by atoms with E-state index in [2.05, 4.69) is 29.3 Å². The van der Waals surface area contributed by atoms with E-state index < -0.39 is 0 Å². The lowest BCUT2D eigenvalue weighted by Crippen LogP contribution is -2.30. The molecule has 0 aliphatic carbocycles. The maximum absolute atomic E-state index is 12.4. The second-order valence-corrected chi connectivity index (χ2v) is 6.46. The summed E-state index contributed by atoms with van der Waals surface area (Å²) in [6.07, 6.45) is 4.89. The normalized spacial score (nSPS) is 20.7. The summed E-state index contributed by atoms with van der Waals surface area (Å²) in [5, 5.41) is 2.10. The fourth-order valence-electron chi connectivity index (χ4n) is 2.78. The van der Waals surface area contributed by atoms with E-state index in [-0.39, 0.29) is 0 Å². The molecule has 1 aliphatic heterocycles. The van der Waals surface area contributed by atoms with Crippen LogP contribution in [0.5, 0.6) is 0 Å². The molecule has 1 aromatic heterocycles. The Labute approximate surface area is 119 Å². The molecule has 2 N–H and O–H groups in total. The van der Waals surface area contributed by atoms with Gasteiger partial charge >= 0.3 is 0 Å². The lowest BCUT2D eigenvalue weighted by Gasteiger charge is -2.24. The Kier molecular flexibility index (Phi) is 5.40. The van der Waals surface area contributed by atoms with Crippen molar-refractivity contribution in [1.29, 1.82) is 0 Å². The van der Waals surface area contributed by atoms with Gasteiger partial charge in [0.05, 0.1) is 6.04 Å². The number of carbonyl (C=O) groups is 1. The third kappa shape index (κ3) is 3.80. The molecule has 0 radical (unpaired) electrons. The molecule has 0 spiro atoms. The van der Waals surface area contributed by atoms with Gasteiger partial charge in [0.1, 0.15) is 0 Å². The van der Waals surface area contributed by atoms with E-state index in [1.54, 1.807) is 11.3 Å². The molecule has 0 aromatic carbocycles. The van der Waals surface area contributed by atoms with Crippen molar-refractivity contribution in [2.45, 2.75) is 45.1 Å². The van der Waals surface area contributed by atoms with Gasteiger partial charge in [-0.3, -0.25) is 4.79 Å². The zero-order valence-corrected chi connectivity index (χ0v) is 12.5. The van der Waals surface area contributed by atoms with Gasteiger partial charge in [0, 0.05) is 17.8 Å². The summed E-state index contributed by atoms with van der Waals surface area (Å²) in [5.74, 6) is 0.872. The van der Waals surface area contributed by atoms with Gasteiger partial charge in [-0.1, -0.05) is 13.0 Å². The van der Waals surface area contributed by atoms with Crippen molar-refractivity contribution in [2.24, 2.45) is 11.7 Å². The van der Waals surface area contributed by atoms with E-state index in [4.69, 9.17) is 5.73 Å². The minimum Gasteiger partial charge on any atom is -0.335 e. The summed E-state index contributed by atoms with van der Waals surface area (Å²) in [6.45, 7) is 3.82. The van der Waals surface area contributed by atoms with E-state index in [1.165, 1.54) is 4.88 Å². The van der Waals surface area contributed by atoms with Crippen molar-refractivity contribution in [3.8, 4) is 0 Å². The van der Waals surface area contributed by atoms with Crippen LogP contribution in [0, 0.1) is 5.92 Å². The Morgan fingerprint density at radius 2 is 2.42 bits per heavy atom. The molecule has 1 aliphatic rings. The van der Waals surface area contributed by atoms with E-state index in [0.717, 1.165) is 38.8 Å². The highest BCUT2D eigenvalue weighted by Crippen LogP contribution is 2.35. The quantitative estimate of drug-likeness (QED) is 0.870. The lowest BCUT2D eigenvalue weighted by atomic mass is 10.0. The Morgan fingerprint density at radius 1 is 1.58 bits per heavy atom. The molecule has 2 atom stereocenters. The van der Waals surface area contributed by atoms with E-state index in [0.29, 0.717) is 24.3 Å². The second kappa shape index (κ2) is 7.06. The molecule has 2 unspecified atom stereocenters. The van der Waals surface area contributed by atoms with Crippen LogP contribution in [-0.2, 0) is 4.79 Å². The number of nitrogens with two attached hydrogens (primary N) is 1. The predicted molar refractivity (Wildman–Crippen MR) is 80.1 cm³/mol. The van der Waals surface area contributed by atoms with Gasteiger partial charge in [0.25, 0.3) is 0 Å². The van der Waals surface area contributed by atoms with Crippen molar-refractivity contribution < 1.29 is 4.79 Å². The standard InChI is InChI=1S/C15H24N2OS/c1-12(8-9-16)6-7-15(18)17-10-2-4-13(17)14-5-3-11-19-14/h3,5,11-13H,2,4,6-10,16H2,1H3. The first kappa shape index (κ1) is 14.5. The molecule has 1 saturated heterocycles. The first-order chi connectivity index (χ1) is 9.22. The average molecular weight is 280 g/mol. The Hall–Kier alpha value is -0.870. The fraction of sp³-hybridized carbons (Fsp3) is 0.667. The van der Waals surface area contributed by atoms with Crippen LogP contribution < -0.4 is 5.73 Å². The smallest absolute Gasteiger partial charge is 0.223 e. The largest absolute Gasteiger partial charge is 0.335 e. The molecule has 0 saturated carbocycles. The minimum absolute atomic E-state index is 0.319. The highest BCUT2D eigenvalue weighted by Gasteiger charge is 2.30. The van der Waals surface area contributed by atoms with Crippen LogP contribution in [0.4, 0.5) is 0 Å². The Balaban J connectivity index is 1.88. The number of thiophene rings is 1. The first-order valence-electron chi connectivity index (χ1n) is 7.25. The number of likely N-dealkylation sites (tertiary alicyclic amines) is 1. The van der Waals surface area contributed by atoms with Crippen LogP contribution in [0.25, 0.3) is 0 Å². The topological polar surface area (TPSA) is 46.3 Å². The predicted octanol–water partition coefficient (Wildman–Crippen LogP) is 3.18. The molecule has 19 heavy (non-hydrogen) atoms. The molecule has 1 fully saturated rings. The van der Waals surface area contributed by atoms with Crippen molar-refractivity contribution in [3.05, 3.63) is 22.4 Å². The molecular formula is C15H24N2OS. The number of hydrogen-bond acceptors (Lipinski definition) is 3. The summed E-state index contributed by atoms with van der Waals surface area (Å²) < 4.78 is 0. The Bertz CT molecular complexity index is 391. The fourth-order valence-corrected chi connectivity index (χ4v) is 3.66. The summed E-state index contributed by atoms with van der Waals surface area (Å²) in [6, 6.07) is 4.56. The summed E-state index contributed by atoms with van der Waals surface area (Å²) >= 11 is 1.76. The van der Waals surface area contributed by atoms with Crippen LogP contribution in [0.2, 0.25) is 0 Å². The highest BCUT2D eigenvalue weighted by atomic mass is 32.1. The van der Waals surface area contributed by atoms with Gasteiger partial charge < -0.3 is 10.6 Å². The number of hydrogen-bond donors (Lipinski definition) is 1. The minimum atomic E-state index is 0.319. The SMILES string of the molecule is CC(CCN)CCC(=O)N1CCCC1c1cccs1. The van der Waals surface area contributed by atoms with Crippen LogP contribution in [0.1, 0.15) is 49.9 Å². The number of amides is 1. The highest BCUT2D eigenvalue weighted by molar-refractivity contribution is 7.10. The molecule has 3 nitrogen and oxygen atoms in total. The third-order valence-corrected chi connectivity index (χ3v) is 4.93. The molecule has 2 heterocycles. The summed E-state index contributed by atoms with van der Waals surface area (Å²) in [5.41, 5.74) is 5.55. The number of nitrogens with zero attached hydrogens (tertiary/aromatic N) is 1. The molecule has 1 aromatic rings. The van der Waals surface area contributed by atoms with E-state index in [9.17, 15) is 4.79 Å². The molecule has 2 rings (SSSR count). The van der Waals surface area contributed by atoms with Gasteiger partial charge in [0.15, 0.2) is 0 Å². The monoisotopic (exact) mass is 280 g/mol. The van der Waals surface area contributed by atoms with Crippen LogP contribution in [-0.4, -0.2) is 23.9 Å². The van der Waals surface area contributed by atoms with Crippen LogP contribution >= 0.6 is 11.3 Å². The average Bonchev–Trinajstić information content (AvgIpc) is 3.05. The van der Waals surface area contributed by atoms with Crippen molar-refractivity contribution in [3.63, 3.8) is 0 Å². The van der Waals surface area contributed by atoms with Gasteiger partial charge in [-0.15, -0.1) is 11.3 Å². The zero-order chi connectivity index (χ0) is 13.7. The molecule has 1 amide bonds. The van der Waals surface area contributed by atoms with Gasteiger partial charge in [-0.2, -0.15) is 0 Å². The van der Waals surface area contributed by atoms with Gasteiger partial charge in [-0.05, 0) is 49.6 Å². The lowest BCUT2D eigenvalue weighted by molar-refractivity contribution is -0.132.